The molecule has 0 bridgehead atoms. The number of allylic oxidation sites excluding steroid dienone is 5. The summed E-state index contributed by atoms with van der Waals surface area (Å²) < 4.78 is 19.0. The van der Waals surface area contributed by atoms with E-state index in [2.05, 4.69) is 24.7 Å². The van der Waals surface area contributed by atoms with Crippen molar-refractivity contribution in [2.75, 3.05) is 0 Å². The van der Waals surface area contributed by atoms with Crippen LogP contribution in [0, 0.1) is 0 Å². The molecule has 1 aromatic rings. The lowest BCUT2D eigenvalue weighted by Crippen LogP contribution is -1.84. The molecular weight excluding hydrogens is 289 g/mol. The standard InChI is InChI=1S/C14H14FNO.3C2H6/c1-5-9-10(11(15)6-2)14-16-12(7-3)13(8-4)17-14;3*1-2/h5-9H,2-4H2,1H3;3*1-2H3/b9-5-,11-10-;;;. The smallest absolute Gasteiger partial charge is 0.230 e. The van der Waals surface area contributed by atoms with Gasteiger partial charge in [0.05, 0.1) is 5.57 Å². The molecule has 0 unspecified atom stereocenters. The van der Waals surface area contributed by atoms with Crippen LogP contribution < -0.4 is 0 Å². The fraction of sp³-hybridized carbons (Fsp3) is 0.350. The van der Waals surface area contributed by atoms with Gasteiger partial charge in [0, 0.05) is 0 Å². The lowest BCUT2D eigenvalue weighted by Gasteiger charge is -1.96. The Bertz CT molecular complexity index is 482. The number of aromatic nitrogens is 1. The summed E-state index contributed by atoms with van der Waals surface area (Å²) in [6, 6.07) is 0. The first-order chi connectivity index (χ1) is 11.2. The lowest BCUT2D eigenvalue weighted by molar-refractivity contribution is 0.530. The summed E-state index contributed by atoms with van der Waals surface area (Å²) in [6.07, 6.45) is 7.42. The van der Waals surface area contributed by atoms with E-state index in [1.807, 2.05) is 41.5 Å². The van der Waals surface area contributed by atoms with Gasteiger partial charge >= 0.3 is 0 Å². The summed E-state index contributed by atoms with van der Waals surface area (Å²) in [5, 5.41) is 0. The summed E-state index contributed by atoms with van der Waals surface area (Å²) in [5.74, 6) is 0.162. The number of hydrogen-bond acceptors (Lipinski definition) is 2. The maximum atomic E-state index is 13.6. The Labute approximate surface area is 141 Å². The molecule has 0 aliphatic carbocycles. The molecule has 0 aliphatic rings. The molecule has 0 atom stereocenters. The van der Waals surface area contributed by atoms with Gasteiger partial charge in [-0.3, -0.25) is 0 Å². The Kier molecular flexibility index (Phi) is 20.0. The molecule has 0 N–H and O–H groups in total. The first-order valence-electron chi connectivity index (χ1n) is 8.08. The highest BCUT2D eigenvalue weighted by atomic mass is 19.1. The van der Waals surface area contributed by atoms with Crippen LogP contribution in [0.25, 0.3) is 17.7 Å². The van der Waals surface area contributed by atoms with Gasteiger partial charge in [-0.25, -0.2) is 9.37 Å². The number of oxazole rings is 1. The van der Waals surface area contributed by atoms with Crippen molar-refractivity contribution < 1.29 is 8.81 Å². The minimum Gasteiger partial charge on any atom is -0.436 e. The van der Waals surface area contributed by atoms with Gasteiger partial charge in [-0.05, 0) is 25.2 Å². The van der Waals surface area contributed by atoms with Gasteiger partial charge in [0.15, 0.2) is 5.76 Å². The third kappa shape index (κ3) is 8.77. The van der Waals surface area contributed by atoms with Gasteiger partial charge in [0.2, 0.25) is 5.89 Å². The number of rotatable bonds is 5. The third-order valence-electron chi connectivity index (χ3n) is 2.06. The van der Waals surface area contributed by atoms with Crippen LogP contribution in [-0.2, 0) is 0 Å². The second kappa shape index (κ2) is 17.9. The molecule has 1 aromatic heterocycles. The van der Waals surface area contributed by atoms with E-state index < -0.39 is 5.83 Å². The van der Waals surface area contributed by atoms with E-state index in [9.17, 15) is 4.39 Å². The van der Waals surface area contributed by atoms with Crippen LogP contribution in [0.1, 0.15) is 65.8 Å². The first-order valence-corrected chi connectivity index (χ1v) is 8.08. The van der Waals surface area contributed by atoms with Gasteiger partial charge in [-0.2, -0.15) is 0 Å². The molecule has 0 amide bonds. The Morgan fingerprint density at radius 2 is 1.52 bits per heavy atom. The van der Waals surface area contributed by atoms with Crippen LogP contribution in [-0.4, -0.2) is 4.98 Å². The number of hydrogen-bond donors (Lipinski definition) is 0. The Balaban J connectivity index is -0.000000595. The highest BCUT2D eigenvalue weighted by Crippen LogP contribution is 2.25. The number of halogens is 1. The highest BCUT2D eigenvalue weighted by Gasteiger charge is 2.13. The Morgan fingerprint density at radius 1 is 1.00 bits per heavy atom. The van der Waals surface area contributed by atoms with E-state index >= 15 is 0 Å². The SMILES string of the molecule is C=C/C(F)=C(\C=C/C)c1nc(C=C)c(C=C)o1.CC.CC.CC. The van der Waals surface area contributed by atoms with Crippen molar-refractivity contribution in [2.45, 2.75) is 48.5 Å². The highest BCUT2D eigenvalue weighted by molar-refractivity contribution is 5.73. The average Bonchev–Trinajstić information content (AvgIpc) is 3.07. The molecule has 0 saturated carbocycles. The molecule has 3 heteroatoms. The largest absolute Gasteiger partial charge is 0.436 e. The minimum atomic E-state index is -0.490. The van der Waals surface area contributed by atoms with Crippen molar-refractivity contribution in [1.29, 1.82) is 0 Å². The van der Waals surface area contributed by atoms with Crippen molar-refractivity contribution in [1.82, 2.24) is 4.98 Å². The van der Waals surface area contributed by atoms with E-state index in [0.29, 0.717) is 11.5 Å². The zero-order valence-electron chi connectivity index (χ0n) is 15.7. The summed E-state index contributed by atoms with van der Waals surface area (Å²) in [4.78, 5) is 4.13. The molecular formula is C20H32FNO. The van der Waals surface area contributed by atoms with Crippen molar-refractivity contribution >= 4 is 17.7 Å². The van der Waals surface area contributed by atoms with Crippen LogP contribution in [0.15, 0.2) is 48.2 Å². The third-order valence-corrected chi connectivity index (χ3v) is 2.06. The predicted octanol–water partition coefficient (Wildman–Crippen LogP) is 7.48. The molecule has 2 nitrogen and oxygen atoms in total. The summed E-state index contributed by atoms with van der Waals surface area (Å²) >= 11 is 0. The Hall–Kier alpha value is -2.16. The van der Waals surface area contributed by atoms with Gasteiger partial charge < -0.3 is 4.42 Å². The molecule has 0 saturated heterocycles. The predicted molar refractivity (Wildman–Crippen MR) is 104 cm³/mol. The fourth-order valence-electron chi connectivity index (χ4n) is 1.28. The van der Waals surface area contributed by atoms with Crippen molar-refractivity contribution in [3.05, 3.63) is 61.1 Å². The second-order valence-electron chi connectivity index (χ2n) is 3.14. The monoisotopic (exact) mass is 321 g/mol. The topological polar surface area (TPSA) is 26.0 Å². The van der Waals surface area contributed by atoms with Crippen LogP contribution in [0.4, 0.5) is 4.39 Å². The lowest BCUT2D eigenvalue weighted by atomic mass is 10.2. The molecule has 0 radical (unpaired) electrons. The minimum absolute atomic E-state index is 0.185. The van der Waals surface area contributed by atoms with Gasteiger partial charge in [-0.15, -0.1) is 0 Å². The molecule has 0 aromatic carbocycles. The molecule has 1 heterocycles. The summed E-state index contributed by atoms with van der Waals surface area (Å²) in [7, 11) is 0. The van der Waals surface area contributed by atoms with Gasteiger partial charge in [0.25, 0.3) is 0 Å². The van der Waals surface area contributed by atoms with Crippen LogP contribution in [0.2, 0.25) is 0 Å². The molecule has 130 valence electrons. The number of nitrogens with zero attached hydrogens (tertiary/aromatic N) is 1. The van der Waals surface area contributed by atoms with Crippen LogP contribution in [0.3, 0.4) is 0 Å². The Morgan fingerprint density at radius 3 is 1.83 bits per heavy atom. The summed E-state index contributed by atoms with van der Waals surface area (Å²) in [5.41, 5.74) is 0.785. The second-order valence-corrected chi connectivity index (χ2v) is 3.14. The summed E-state index contributed by atoms with van der Waals surface area (Å²) in [6.45, 7) is 24.4. The molecule has 0 spiro atoms. The van der Waals surface area contributed by atoms with Crippen LogP contribution >= 0.6 is 0 Å². The zero-order valence-corrected chi connectivity index (χ0v) is 15.7. The zero-order chi connectivity index (χ0) is 18.8. The molecule has 23 heavy (non-hydrogen) atoms. The normalized spacial score (nSPS) is 9.91. The van der Waals surface area contributed by atoms with E-state index in [0.717, 1.165) is 6.08 Å². The maximum absolute atomic E-state index is 13.6. The van der Waals surface area contributed by atoms with Crippen molar-refractivity contribution in [3.8, 4) is 0 Å². The van der Waals surface area contributed by atoms with E-state index in [1.165, 1.54) is 12.2 Å². The maximum Gasteiger partial charge on any atom is 0.230 e. The van der Waals surface area contributed by atoms with Crippen molar-refractivity contribution in [2.24, 2.45) is 0 Å². The van der Waals surface area contributed by atoms with Crippen molar-refractivity contribution in [3.63, 3.8) is 0 Å². The molecule has 1 rings (SSSR count). The first kappa shape index (κ1) is 25.8. The van der Waals surface area contributed by atoms with Gasteiger partial charge in [0.1, 0.15) is 11.5 Å². The van der Waals surface area contributed by atoms with E-state index in [4.69, 9.17) is 4.42 Å². The fourth-order valence-corrected chi connectivity index (χ4v) is 1.28. The molecule has 0 aliphatic heterocycles. The quantitative estimate of drug-likeness (QED) is 0.525. The van der Waals surface area contributed by atoms with Gasteiger partial charge in [-0.1, -0.05) is 73.4 Å². The van der Waals surface area contributed by atoms with E-state index in [-0.39, 0.29) is 11.5 Å². The average molecular weight is 321 g/mol. The van der Waals surface area contributed by atoms with E-state index in [1.54, 1.807) is 19.1 Å². The van der Waals surface area contributed by atoms with Crippen LogP contribution in [0.5, 0.6) is 0 Å². The molecule has 0 fully saturated rings.